The number of carboxylic acid groups (broad SMARTS) is 1. The zero-order chi connectivity index (χ0) is 46.0. The van der Waals surface area contributed by atoms with E-state index in [4.69, 9.17) is 4.74 Å². The summed E-state index contributed by atoms with van der Waals surface area (Å²) < 4.78 is 64.4. The highest BCUT2D eigenvalue weighted by molar-refractivity contribution is 5.97. The largest absolute Gasteiger partial charge is 0.481 e. The lowest BCUT2D eigenvalue weighted by molar-refractivity contribution is -0.250. The van der Waals surface area contributed by atoms with Gasteiger partial charge in [0.05, 0.1) is 18.4 Å². The number of carbonyl (C=O) groups excluding carboxylic acids is 3. The predicted octanol–water partition coefficient (Wildman–Crippen LogP) is 11.2. The average molecular weight is 871 g/mol. The fourth-order valence-corrected chi connectivity index (χ4v) is 14.8. The molecule has 5 fully saturated rings. The molecule has 62 heavy (non-hydrogen) atoms. The Kier molecular flexibility index (Phi) is 13.0. The van der Waals surface area contributed by atoms with Gasteiger partial charge in [-0.25, -0.2) is 17.6 Å². The second kappa shape index (κ2) is 16.9. The molecule has 0 unspecified atom stereocenters. The van der Waals surface area contributed by atoms with Gasteiger partial charge in [-0.05, 0) is 134 Å². The molecule has 13 heteroatoms. The van der Waals surface area contributed by atoms with Crippen molar-refractivity contribution >= 4 is 36.0 Å². The summed E-state index contributed by atoms with van der Waals surface area (Å²) in [6.07, 6.45) is 9.37. The number of rotatable bonds is 14. The van der Waals surface area contributed by atoms with Crippen LogP contribution in [0.5, 0.6) is 0 Å². The van der Waals surface area contributed by atoms with Gasteiger partial charge in [-0.2, -0.15) is 0 Å². The van der Waals surface area contributed by atoms with Gasteiger partial charge >= 0.3 is 11.9 Å². The fraction of sp³-hybridized carbons (Fsp3) is 0.735. The number of Topliss-reactive ketones (excluding diaryl/α,β-unsaturated/α-hetero) is 1. The van der Waals surface area contributed by atoms with Gasteiger partial charge < -0.3 is 15.2 Å². The Morgan fingerprint density at radius 3 is 2.13 bits per heavy atom. The number of benzene rings is 1. The van der Waals surface area contributed by atoms with Crippen LogP contribution in [0.4, 0.5) is 23.2 Å². The lowest BCUT2D eigenvalue weighted by Crippen LogP contribution is -2.67. The molecule has 1 amide bonds. The lowest BCUT2D eigenvalue weighted by Gasteiger charge is -2.73. The lowest BCUT2D eigenvalue weighted by atomic mass is 9.32. The van der Waals surface area contributed by atoms with Crippen LogP contribution in [0.15, 0.2) is 17.3 Å². The quantitative estimate of drug-likeness (QED) is 0.0220. The number of esters is 1. The molecule has 6 rings (SSSR count). The second-order valence-corrected chi connectivity index (χ2v) is 22.1. The number of fused-ring (bicyclic) bond motifs is 7. The Morgan fingerprint density at radius 1 is 0.855 bits per heavy atom. The molecule has 1 aromatic rings. The van der Waals surface area contributed by atoms with Crippen molar-refractivity contribution in [1.82, 2.24) is 5.32 Å². The van der Waals surface area contributed by atoms with Gasteiger partial charge in [0.2, 0.25) is 11.6 Å². The first kappa shape index (κ1) is 47.6. The summed E-state index contributed by atoms with van der Waals surface area (Å²) in [4.78, 5) is 54.2. The normalized spacial score (nSPS) is 34.6. The van der Waals surface area contributed by atoms with Gasteiger partial charge in [0, 0.05) is 29.6 Å². The first-order valence-electron chi connectivity index (χ1n) is 22.7. The second-order valence-electron chi connectivity index (χ2n) is 22.1. The third-order valence-corrected chi connectivity index (χ3v) is 17.8. The van der Waals surface area contributed by atoms with E-state index in [2.05, 4.69) is 70.1 Å². The number of carbonyl (C=O) groups is 4. The number of hydrogen-bond acceptors (Lipinski definition) is 6. The van der Waals surface area contributed by atoms with E-state index in [0.29, 0.717) is 24.2 Å². The van der Waals surface area contributed by atoms with Gasteiger partial charge in [-0.1, -0.05) is 60.6 Å². The van der Waals surface area contributed by atoms with Crippen LogP contribution in [0.1, 0.15) is 162 Å². The number of halogens is 4. The SMILES string of the molecule is C=[N+]=Nc1c(F)c(F)c(C(=O)CCCNC(=O)C[C@]23CC[C@@H](C(=C)C)[C@@H]2[C@H]2CC[C@@H]4[C@@]5(C)CC[C@H](OC(=O)CC(C)(C)CC(=O)O)C(C)(C)[C@@H]5CC[C@@]4(C)[C@]2(C)CC3)c(F)c1F. The molecule has 0 saturated heterocycles. The van der Waals surface area contributed by atoms with Crippen LogP contribution in [0.3, 0.4) is 0 Å². The summed E-state index contributed by atoms with van der Waals surface area (Å²) in [5.74, 6) is -8.13. The number of ketones is 1. The number of nitrogens with one attached hydrogen (secondary N) is 1. The van der Waals surface area contributed by atoms with E-state index >= 15 is 0 Å². The molecular weight excluding hydrogens is 803 g/mol. The van der Waals surface area contributed by atoms with Crippen LogP contribution in [-0.4, -0.2) is 52.9 Å². The van der Waals surface area contributed by atoms with Crippen molar-refractivity contribution in [3.63, 3.8) is 0 Å². The van der Waals surface area contributed by atoms with E-state index in [1.54, 1.807) is 13.8 Å². The van der Waals surface area contributed by atoms with Gasteiger partial charge in [-0.3, -0.25) is 19.2 Å². The van der Waals surface area contributed by atoms with Crippen LogP contribution in [-0.2, 0) is 19.1 Å². The van der Waals surface area contributed by atoms with Gasteiger partial charge in [0.1, 0.15) is 11.2 Å². The van der Waals surface area contributed by atoms with Crippen molar-refractivity contribution in [3.05, 3.63) is 41.0 Å². The summed E-state index contributed by atoms with van der Waals surface area (Å²) in [6, 6.07) is 0. The van der Waals surface area contributed by atoms with Crippen molar-refractivity contribution < 1.29 is 51.4 Å². The minimum absolute atomic E-state index is 0.0169. The van der Waals surface area contributed by atoms with Crippen molar-refractivity contribution in [3.8, 4) is 0 Å². The Bertz CT molecular complexity index is 2040. The number of allylic oxidation sites excluding steroid dienone is 1. The molecule has 0 spiro atoms. The first-order chi connectivity index (χ1) is 28.8. The van der Waals surface area contributed by atoms with Crippen LogP contribution in [0.2, 0.25) is 0 Å². The topological polar surface area (TPSA) is 136 Å². The number of aliphatic carboxylic acids is 1. The highest BCUT2D eigenvalue weighted by Crippen LogP contribution is 2.78. The van der Waals surface area contributed by atoms with E-state index in [-0.39, 0.29) is 82.7 Å². The number of amides is 1. The first-order valence-corrected chi connectivity index (χ1v) is 22.7. The smallest absolute Gasteiger partial charge is 0.306 e. The Labute approximate surface area is 364 Å². The molecule has 0 bridgehead atoms. The standard InChI is InChI=1S/C49H67F4N3O6/c1-27(2)28-15-20-49(24-34(58)55-23-11-12-30(57)37-39(50)41(52)43(56-54-10)42(53)40(37)51)22-21-47(8)29(38(28)49)13-14-32-46(7)18-17-33(45(5,6)31(46)16-19-48(32,47)9)62-36(61)26-44(3,4)25-35(59)60/h28-29,31-33,38H,1,10-26H2,2-9H3,(H-,55,58,59,60)/p+1/t28-,29+,31-,32+,33-,38+,46-,47+,48+,49+/m0/s1. The molecule has 0 aliphatic heterocycles. The molecule has 9 nitrogen and oxygen atoms in total. The average Bonchev–Trinajstić information content (AvgIpc) is 3.54. The minimum atomic E-state index is -1.85. The molecular formula is C49H68F4N3O6+. The van der Waals surface area contributed by atoms with Crippen LogP contribution in [0, 0.1) is 85.3 Å². The minimum Gasteiger partial charge on any atom is -0.481 e. The zero-order valence-corrected chi connectivity index (χ0v) is 38.1. The number of ether oxygens (including phenoxy) is 1. The number of nitrogens with zero attached hydrogens (tertiary/aromatic N) is 2. The molecule has 5 aliphatic carbocycles. The highest BCUT2D eigenvalue weighted by Gasteiger charge is 2.71. The summed E-state index contributed by atoms with van der Waals surface area (Å²) in [5, 5.41) is 15.3. The Hall–Kier alpha value is -3.86. The van der Waals surface area contributed by atoms with Crippen molar-refractivity contribution in [2.45, 2.75) is 158 Å². The van der Waals surface area contributed by atoms with Crippen molar-refractivity contribution in [1.29, 1.82) is 0 Å². The molecule has 0 aromatic heterocycles. The molecule has 342 valence electrons. The predicted molar refractivity (Wildman–Crippen MR) is 226 cm³/mol. The van der Waals surface area contributed by atoms with Crippen molar-refractivity contribution in [2.75, 3.05) is 6.54 Å². The molecule has 0 heterocycles. The summed E-state index contributed by atoms with van der Waals surface area (Å²) in [6.45, 7) is 25.3. The highest BCUT2D eigenvalue weighted by atomic mass is 19.2. The third kappa shape index (κ3) is 7.99. The monoisotopic (exact) mass is 871 g/mol. The Morgan fingerprint density at radius 2 is 1.52 bits per heavy atom. The Balaban J connectivity index is 1.14. The van der Waals surface area contributed by atoms with Crippen LogP contribution < -0.4 is 5.32 Å². The summed E-state index contributed by atoms with van der Waals surface area (Å²) in [5.41, 5.74) is -2.54. The molecule has 5 aliphatic rings. The maximum absolute atomic E-state index is 14.7. The summed E-state index contributed by atoms with van der Waals surface area (Å²) in [7, 11) is 0. The van der Waals surface area contributed by atoms with E-state index < -0.39 is 58.1 Å². The van der Waals surface area contributed by atoms with E-state index in [1.807, 2.05) is 0 Å². The summed E-state index contributed by atoms with van der Waals surface area (Å²) >= 11 is 0. The molecule has 10 atom stereocenters. The molecule has 2 N–H and O–H groups in total. The molecule has 5 saturated carbocycles. The maximum atomic E-state index is 14.7. The third-order valence-electron chi connectivity index (χ3n) is 17.8. The molecule has 0 radical (unpaired) electrons. The van der Waals surface area contributed by atoms with Gasteiger partial charge in [-0.15, -0.1) is 0 Å². The van der Waals surface area contributed by atoms with Crippen molar-refractivity contribution in [2.24, 2.45) is 67.2 Å². The number of hydrogen-bond donors (Lipinski definition) is 2. The number of carboxylic acids is 1. The maximum Gasteiger partial charge on any atom is 0.306 e. The van der Waals surface area contributed by atoms with Gasteiger partial charge in [0.15, 0.2) is 29.1 Å². The fourth-order valence-electron chi connectivity index (χ4n) is 14.8. The van der Waals surface area contributed by atoms with E-state index in [0.717, 1.165) is 69.8 Å². The van der Waals surface area contributed by atoms with Gasteiger partial charge in [0.25, 0.3) is 6.72 Å². The van der Waals surface area contributed by atoms with Crippen LogP contribution >= 0.6 is 0 Å². The van der Waals surface area contributed by atoms with E-state index in [1.165, 1.54) is 0 Å². The van der Waals surface area contributed by atoms with E-state index in [9.17, 15) is 41.8 Å². The zero-order valence-electron chi connectivity index (χ0n) is 38.1. The van der Waals surface area contributed by atoms with Crippen LogP contribution in [0.25, 0.3) is 0 Å². The molecule has 1 aromatic carbocycles.